The number of piperidine rings is 1. The Morgan fingerprint density at radius 1 is 1.30 bits per heavy atom. The van der Waals surface area contributed by atoms with Gasteiger partial charge in [-0.2, -0.15) is 0 Å². The SMILES string of the molecule is CNc1ncc(CN(C)C2CCN(C(C)C)CC2)cn1. The first kappa shape index (κ1) is 15.2. The van der Waals surface area contributed by atoms with Crippen LogP contribution in [0.15, 0.2) is 12.4 Å². The molecular formula is C15H27N5. The lowest BCUT2D eigenvalue weighted by Crippen LogP contribution is -2.45. The Hall–Kier alpha value is -1.20. The van der Waals surface area contributed by atoms with Crippen LogP contribution in [-0.4, -0.2) is 59.0 Å². The summed E-state index contributed by atoms with van der Waals surface area (Å²) in [6.45, 7) is 7.91. The lowest BCUT2D eigenvalue weighted by molar-refractivity contribution is 0.104. The zero-order valence-corrected chi connectivity index (χ0v) is 13.1. The molecule has 0 radical (unpaired) electrons. The Kier molecular flexibility index (Phi) is 5.31. The molecule has 1 aromatic heterocycles. The minimum Gasteiger partial charge on any atom is -0.357 e. The number of anilines is 1. The molecular weight excluding hydrogens is 250 g/mol. The highest BCUT2D eigenvalue weighted by molar-refractivity contribution is 5.23. The minimum atomic E-state index is 0.670. The predicted molar refractivity (Wildman–Crippen MR) is 82.8 cm³/mol. The van der Waals surface area contributed by atoms with Gasteiger partial charge in [-0.3, -0.25) is 4.90 Å². The zero-order chi connectivity index (χ0) is 14.5. The quantitative estimate of drug-likeness (QED) is 0.889. The molecule has 2 heterocycles. The van der Waals surface area contributed by atoms with Gasteiger partial charge in [-0.15, -0.1) is 0 Å². The van der Waals surface area contributed by atoms with Gasteiger partial charge in [0.25, 0.3) is 0 Å². The van der Waals surface area contributed by atoms with Crippen LogP contribution in [0.2, 0.25) is 0 Å². The smallest absolute Gasteiger partial charge is 0.222 e. The van der Waals surface area contributed by atoms with Crippen LogP contribution in [0.4, 0.5) is 5.95 Å². The van der Waals surface area contributed by atoms with Crippen LogP contribution in [0.1, 0.15) is 32.3 Å². The number of hydrogen-bond donors (Lipinski definition) is 1. The minimum absolute atomic E-state index is 0.670. The van der Waals surface area contributed by atoms with E-state index in [9.17, 15) is 0 Å². The van der Waals surface area contributed by atoms with Gasteiger partial charge in [-0.1, -0.05) is 0 Å². The number of rotatable bonds is 5. The van der Waals surface area contributed by atoms with Crippen molar-refractivity contribution < 1.29 is 0 Å². The van der Waals surface area contributed by atoms with Crippen LogP contribution >= 0.6 is 0 Å². The summed E-state index contributed by atoms with van der Waals surface area (Å²) < 4.78 is 0. The fourth-order valence-electron chi connectivity index (χ4n) is 2.83. The van der Waals surface area contributed by atoms with E-state index in [1.165, 1.54) is 31.5 Å². The summed E-state index contributed by atoms with van der Waals surface area (Å²) in [7, 11) is 4.05. The number of aromatic nitrogens is 2. The summed E-state index contributed by atoms with van der Waals surface area (Å²) in [5.74, 6) is 0.682. The molecule has 1 aliphatic rings. The fourth-order valence-corrected chi connectivity index (χ4v) is 2.83. The van der Waals surface area contributed by atoms with Crippen molar-refractivity contribution >= 4 is 5.95 Å². The van der Waals surface area contributed by atoms with Gasteiger partial charge >= 0.3 is 0 Å². The molecule has 0 bridgehead atoms. The number of nitrogens with zero attached hydrogens (tertiary/aromatic N) is 4. The Balaban J connectivity index is 1.84. The summed E-state index contributed by atoms with van der Waals surface area (Å²) in [6, 6.07) is 1.35. The molecule has 0 spiro atoms. The van der Waals surface area contributed by atoms with Gasteiger partial charge in [0.15, 0.2) is 0 Å². The van der Waals surface area contributed by atoms with Gasteiger partial charge in [0.1, 0.15) is 0 Å². The normalized spacial score (nSPS) is 17.9. The van der Waals surface area contributed by atoms with Crippen LogP contribution in [-0.2, 0) is 6.54 Å². The molecule has 1 aliphatic heterocycles. The van der Waals surface area contributed by atoms with Crippen molar-refractivity contribution in [1.82, 2.24) is 19.8 Å². The van der Waals surface area contributed by atoms with Gasteiger partial charge in [-0.05, 0) is 46.8 Å². The maximum Gasteiger partial charge on any atom is 0.222 e. The number of likely N-dealkylation sites (tertiary alicyclic amines) is 1. The average Bonchev–Trinajstić information content (AvgIpc) is 2.48. The van der Waals surface area contributed by atoms with Gasteiger partial charge in [-0.25, -0.2) is 9.97 Å². The van der Waals surface area contributed by atoms with Crippen molar-refractivity contribution in [3.8, 4) is 0 Å². The first-order valence-corrected chi connectivity index (χ1v) is 7.53. The fraction of sp³-hybridized carbons (Fsp3) is 0.733. The molecule has 5 nitrogen and oxygen atoms in total. The summed E-state index contributed by atoms with van der Waals surface area (Å²) in [5.41, 5.74) is 1.18. The van der Waals surface area contributed by atoms with Crippen LogP contribution in [0.5, 0.6) is 0 Å². The molecule has 2 rings (SSSR count). The number of hydrogen-bond acceptors (Lipinski definition) is 5. The highest BCUT2D eigenvalue weighted by Gasteiger charge is 2.23. The first-order valence-electron chi connectivity index (χ1n) is 7.53. The third-order valence-electron chi connectivity index (χ3n) is 4.21. The molecule has 0 saturated carbocycles. The lowest BCUT2D eigenvalue weighted by atomic mass is 10.0. The molecule has 0 unspecified atom stereocenters. The second kappa shape index (κ2) is 6.99. The Bertz CT molecular complexity index is 395. The van der Waals surface area contributed by atoms with E-state index in [2.05, 4.69) is 46.0 Å². The Labute approximate surface area is 122 Å². The van der Waals surface area contributed by atoms with Crippen LogP contribution < -0.4 is 5.32 Å². The van der Waals surface area contributed by atoms with E-state index in [0.717, 1.165) is 6.54 Å². The van der Waals surface area contributed by atoms with Gasteiger partial charge in [0.05, 0.1) is 0 Å². The van der Waals surface area contributed by atoms with E-state index in [4.69, 9.17) is 0 Å². The predicted octanol–water partition coefficient (Wildman–Crippen LogP) is 1.82. The van der Waals surface area contributed by atoms with E-state index < -0.39 is 0 Å². The third-order valence-corrected chi connectivity index (χ3v) is 4.21. The summed E-state index contributed by atoms with van der Waals surface area (Å²) >= 11 is 0. The van der Waals surface area contributed by atoms with E-state index >= 15 is 0 Å². The molecule has 112 valence electrons. The highest BCUT2D eigenvalue weighted by atomic mass is 15.2. The second-order valence-electron chi connectivity index (χ2n) is 5.94. The van der Waals surface area contributed by atoms with Gasteiger partial charge in [0.2, 0.25) is 5.95 Å². The van der Waals surface area contributed by atoms with Crippen molar-refractivity contribution in [1.29, 1.82) is 0 Å². The number of nitrogens with one attached hydrogen (secondary N) is 1. The molecule has 1 aromatic rings. The average molecular weight is 277 g/mol. The molecule has 1 saturated heterocycles. The molecule has 20 heavy (non-hydrogen) atoms. The molecule has 1 N–H and O–H groups in total. The maximum atomic E-state index is 4.27. The zero-order valence-electron chi connectivity index (χ0n) is 13.1. The monoisotopic (exact) mass is 277 g/mol. The summed E-state index contributed by atoms with van der Waals surface area (Å²) in [4.78, 5) is 13.6. The van der Waals surface area contributed by atoms with Crippen molar-refractivity contribution in [3.05, 3.63) is 18.0 Å². The molecule has 1 fully saturated rings. The van der Waals surface area contributed by atoms with Crippen LogP contribution in [0.25, 0.3) is 0 Å². The topological polar surface area (TPSA) is 44.3 Å². The van der Waals surface area contributed by atoms with Crippen molar-refractivity contribution in [3.63, 3.8) is 0 Å². The standard InChI is InChI=1S/C15H27N5/c1-12(2)20-7-5-14(6-8-20)19(4)11-13-9-17-15(16-3)18-10-13/h9-10,12,14H,5-8,11H2,1-4H3,(H,16,17,18). The first-order chi connectivity index (χ1) is 9.60. The van der Waals surface area contributed by atoms with E-state index in [0.29, 0.717) is 18.0 Å². The molecule has 0 aliphatic carbocycles. The summed E-state index contributed by atoms with van der Waals surface area (Å²) in [5, 5.41) is 2.94. The van der Waals surface area contributed by atoms with Gasteiger partial charge < -0.3 is 10.2 Å². The van der Waals surface area contributed by atoms with E-state index in [-0.39, 0.29) is 0 Å². The lowest BCUT2D eigenvalue weighted by Gasteiger charge is -2.38. The van der Waals surface area contributed by atoms with Crippen molar-refractivity contribution in [2.24, 2.45) is 0 Å². The highest BCUT2D eigenvalue weighted by Crippen LogP contribution is 2.18. The summed E-state index contributed by atoms with van der Waals surface area (Å²) in [6.07, 6.45) is 6.34. The van der Waals surface area contributed by atoms with E-state index in [1.807, 2.05) is 19.4 Å². The maximum absolute atomic E-state index is 4.27. The van der Waals surface area contributed by atoms with Crippen LogP contribution in [0.3, 0.4) is 0 Å². The molecule has 5 heteroatoms. The molecule has 0 aromatic carbocycles. The largest absolute Gasteiger partial charge is 0.357 e. The third kappa shape index (κ3) is 3.90. The Morgan fingerprint density at radius 3 is 2.40 bits per heavy atom. The Morgan fingerprint density at radius 2 is 1.90 bits per heavy atom. The van der Waals surface area contributed by atoms with Gasteiger partial charge in [0, 0.05) is 43.6 Å². The van der Waals surface area contributed by atoms with Crippen molar-refractivity contribution in [2.75, 3.05) is 32.5 Å². The van der Waals surface area contributed by atoms with E-state index in [1.54, 1.807) is 0 Å². The van der Waals surface area contributed by atoms with Crippen LogP contribution in [0, 0.1) is 0 Å². The molecule has 0 atom stereocenters. The second-order valence-corrected chi connectivity index (χ2v) is 5.94. The van der Waals surface area contributed by atoms with Crippen molar-refractivity contribution in [2.45, 2.75) is 45.3 Å². The molecule has 0 amide bonds.